The van der Waals surface area contributed by atoms with Crippen molar-refractivity contribution in [1.29, 1.82) is 0 Å². The number of halogens is 2. The number of rotatable bonds is 5. The van der Waals surface area contributed by atoms with Crippen LogP contribution in [-0.2, 0) is 0 Å². The number of hydrogen-bond donors (Lipinski definition) is 1. The molecule has 38 heavy (non-hydrogen) atoms. The summed E-state index contributed by atoms with van der Waals surface area (Å²) in [5, 5.41) is 6.23. The molecular weight excluding hydrogens is 503 g/mol. The van der Waals surface area contributed by atoms with Crippen LogP contribution in [0.4, 0.5) is 10.2 Å². The van der Waals surface area contributed by atoms with E-state index in [1.165, 1.54) is 12.8 Å². The van der Waals surface area contributed by atoms with Crippen molar-refractivity contribution >= 4 is 39.1 Å². The highest BCUT2D eigenvalue weighted by atomic mass is 35.5. The van der Waals surface area contributed by atoms with Gasteiger partial charge < -0.3 is 15.0 Å². The zero-order valence-electron chi connectivity index (χ0n) is 21.2. The average molecular weight is 533 g/mol. The topological polar surface area (TPSA) is 66.4 Å². The molecule has 3 saturated heterocycles. The molecule has 9 heteroatoms. The summed E-state index contributed by atoms with van der Waals surface area (Å²) < 4.78 is 22.7. The van der Waals surface area contributed by atoms with E-state index in [1.807, 2.05) is 36.4 Å². The van der Waals surface area contributed by atoms with Crippen molar-refractivity contribution < 1.29 is 9.13 Å². The lowest BCUT2D eigenvalue weighted by Gasteiger charge is -2.32. The molecule has 3 fully saturated rings. The number of fused-ring (bicyclic) bond motifs is 3. The molecule has 7 rings (SSSR count). The first-order valence-electron chi connectivity index (χ1n) is 13.5. The second-order valence-corrected chi connectivity index (χ2v) is 11.0. The first-order chi connectivity index (χ1) is 18.6. The van der Waals surface area contributed by atoms with E-state index in [1.54, 1.807) is 6.20 Å². The Hall–Kier alpha value is -3.07. The zero-order chi connectivity index (χ0) is 25.7. The molecule has 1 N–H and O–H groups in total. The Morgan fingerprint density at radius 1 is 1.00 bits per heavy atom. The minimum Gasteiger partial charge on any atom is -0.461 e. The lowest BCUT2D eigenvalue weighted by atomic mass is 9.95. The van der Waals surface area contributed by atoms with Crippen LogP contribution < -0.4 is 15.0 Å². The van der Waals surface area contributed by atoms with E-state index in [9.17, 15) is 0 Å². The smallest absolute Gasteiger partial charge is 0.319 e. The van der Waals surface area contributed by atoms with Gasteiger partial charge in [-0.15, -0.1) is 0 Å². The van der Waals surface area contributed by atoms with Crippen LogP contribution in [0.2, 0.25) is 5.02 Å². The fourth-order valence-electron chi connectivity index (χ4n) is 6.54. The van der Waals surface area contributed by atoms with Gasteiger partial charge in [0.05, 0.1) is 10.9 Å². The average Bonchev–Trinajstić information content (AvgIpc) is 3.53. The largest absolute Gasteiger partial charge is 0.461 e. The maximum Gasteiger partial charge on any atom is 0.319 e. The highest BCUT2D eigenvalue weighted by Gasteiger charge is 2.45. The van der Waals surface area contributed by atoms with Gasteiger partial charge in [0.2, 0.25) is 0 Å². The minimum atomic E-state index is -0.486. The molecule has 3 aliphatic rings. The van der Waals surface area contributed by atoms with Crippen LogP contribution in [0.15, 0.2) is 42.6 Å². The van der Waals surface area contributed by atoms with Gasteiger partial charge in [-0.05, 0) is 50.2 Å². The molecule has 0 unspecified atom stereocenters. The third-order valence-corrected chi connectivity index (χ3v) is 8.77. The summed E-state index contributed by atoms with van der Waals surface area (Å²) in [6.07, 6.45) is 6.31. The minimum absolute atomic E-state index is 0.0508. The maximum absolute atomic E-state index is 16.4. The van der Waals surface area contributed by atoms with Crippen LogP contribution in [0.3, 0.4) is 0 Å². The van der Waals surface area contributed by atoms with Gasteiger partial charge in [-0.1, -0.05) is 41.9 Å². The molecule has 4 aromatic rings. The van der Waals surface area contributed by atoms with Crippen LogP contribution >= 0.6 is 11.6 Å². The number of piperazine rings is 1. The first-order valence-corrected chi connectivity index (χ1v) is 13.9. The van der Waals surface area contributed by atoms with Crippen molar-refractivity contribution in [2.75, 3.05) is 50.8 Å². The van der Waals surface area contributed by atoms with Crippen molar-refractivity contribution in [3.8, 4) is 17.3 Å². The van der Waals surface area contributed by atoms with Crippen LogP contribution in [0.25, 0.3) is 32.9 Å². The molecule has 0 atom stereocenters. The highest BCUT2D eigenvalue weighted by Crippen LogP contribution is 2.40. The quantitative estimate of drug-likeness (QED) is 0.385. The summed E-state index contributed by atoms with van der Waals surface area (Å²) >= 11 is 6.57. The van der Waals surface area contributed by atoms with Gasteiger partial charge in [-0.2, -0.15) is 9.97 Å². The number of benzene rings is 2. The third-order valence-electron chi connectivity index (χ3n) is 8.45. The Morgan fingerprint density at radius 2 is 1.76 bits per heavy atom. The van der Waals surface area contributed by atoms with Crippen molar-refractivity contribution in [3.63, 3.8) is 0 Å². The van der Waals surface area contributed by atoms with Gasteiger partial charge in [0.15, 0.2) is 5.82 Å². The molecule has 0 aliphatic carbocycles. The maximum atomic E-state index is 16.4. The van der Waals surface area contributed by atoms with E-state index in [4.69, 9.17) is 21.3 Å². The molecule has 0 saturated carbocycles. The van der Waals surface area contributed by atoms with Crippen molar-refractivity contribution in [2.24, 2.45) is 0 Å². The van der Waals surface area contributed by atoms with Gasteiger partial charge in [0.1, 0.15) is 23.6 Å². The molecule has 3 aliphatic heterocycles. The Balaban J connectivity index is 1.35. The fourth-order valence-corrected chi connectivity index (χ4v) is 6.83. The summed E-state index contributed by atoms with van der Waals surface area (Å²) in [6.45, 7) is 5.97. The first kappa shape index (κ1) is 24.0. The summed E-state index contributed by atoms with van der Waals surface area (Å²) in [7, 11) is 0. The number of nitrogens with zero attached hydrogens (tertiary/aromatic N) is 5. The molecule has 0 amide bonds. The Kier molecular flexibility index (Phi) is 6.06. The van der Waals surface area contributed by atoms with Gasteiger partial charge in [-0.3, -0.25) is 9.88 Å². The van der Waals surface area contributed by atoms with Crippen molar-refractivity contribution in [1.82, 2.24) is 25.2 Å². The standard InChI is InChI=1S/C29H30ClFN6O/c30-22-8-2-6-19-5-1-7-20(23(19)22)25-24(31)26-21(17-33-25)27(36-15-11-32-12-16-36)35-28(34-26)38-18-29-9-3-13-37(29)14-4-10-29/h1-2,5-8,17,32H,3-4,9-16,18H2. The second-order valence-electron chi connectivity index (χ2n) is 10.6. The molecule has 5 heterocycles. The van der Waals surface area contributed by atoms with Gasteiger partial charge in [-0.25, -0.2) is 4.39 Å². The van der Waals surface area contributed by atoms with Gasteiger partial charge in [0.25, 0.3) is 0 Å². The summed E-state index contributed by atoms with van der Waals surface area (Å²) in [6, 6.07) is 11.6. The van der Waals surface area contributed by atoms with Crippen LogP contribution in [0.1, 0.15) is 25.7 Å². The van der Waals surface area contributed by atoms with Gasteiger partial charge >= 0.3 is 6.01 Å². The molecule has 0 bridgehead atoms. The number of nitrogens with one attached hydrogen (secondary N) is 1. The number of ether oxygens (including phenoxy) is 1. The molecule has 0 spiro atoms. The van der Waals surface area contributed by atoms with E-state index in [2.05, 4.69) is 25.1 Å². The Bertz CT molecular complexity index is 1510. The Labute approximate surface area is 226 Å². The van der Waals surface area contributed by atoms with E-state index >= 15 is 4.39 Å². The van der Waals surface area contributed by atoms with Crippen molar-refractivity contribution in [3.05, 3.63) is 53.4 Å². The number of anilines is 1. The predicted octanol–water partition coefficient (Wildman–Crippen LogP) is 5.05. The molecule has 0 radical (unpaired) electrons. The second kappa shape index (κ2) is 9.59. The SMILES string of the molecule is Fc1c(-c2cccc3cccc(Cl)c23)ncc2c(N3CCNCC3)nc(OCC34CCCN3CCC4)nc12. The Morgan fingerprint density at radius 3 is 2.55 bits per heavy atom. The highest BCUT2D eigenvalue weighted by molar-refractivity contribution is 6.36. The van der Waals surface area contributed by atoms with E-state index in [0.29, 0.717) is 28.4 Å². The van der Waals surface area contributed by atoms with Gasteiger partial charge in [0, 0.05) is 48.3 Å². The summed E-state index contributed by atoms with van der Waals surface area (Å²) in [5.74, 6) is 0.188. The fraction of sp³-hybridized carbons (Fsp3) is 0.414. The number of pyridine rings is 1. The van der Waals surface area contributed by atoms with E-state index < -0.39 is 5.82 Å². The summed E-state index contributed by atoms with van der Waals surface area (Å²) in [4.78, 5) is 18.8. The van der Waals surface area contributed by atoms with E-state index in [0.717, 1.165) is 62.9 Å². The number of hydrogen-bond acceptors (Lipinski definition) is 7. The van der Waals surface area contributed by atoms with Crippen LogP contribution in [0, 0.1) is 5.82 Å². The lowest BCUT2D eigenvalue weighted by Crippen LogP contribution is -2.44. The van der Waals surface area contributed by atoms with Crippen LogP contribution in [-0.4, -0.2) is 71.3 Å². The van der Waals surface area contributed by atoms with Crippen LogP contribution in [0.5, 0.6) is 6.01 Å². The third kappa shape index (κ3) is 3.97. The number of aromatic nitrogens is 3. The monoisotopic (exact) mass is 532 g/mol. The lowest BCUT2D eigenvalue weighted by molar-refractivity contribution is 0.108. The summed E-state index contributed by atoms with van der Waals surface area (Å²) in [5.41, 5.74) is 1.15. The normalized spacial score (nSPS) is 19.4. The predicted molar refractivity (Wildman–Crippen MR) is 149 cm³/mol. The van der Waals surface area contributed by atoms with Crippen molar-refractivity contribution in [2.45, 2.75) is 31.2 Å². The molecule has 2 aromatic carbocycles. The molecule has 196 valence electrons. The molecule has 7 nitrogen and oxygen atoms in total. The molecular formula is C29H30ClFN6O. The zero-order valence-corrected chi connectivity index (χ0v) is 22.0. The van der Waals surface area contributed by atoms with E-state index in [-0.39, 0.29) is 22.8 Å². The molecule has 2 aromatic heterocycles.